The topological polar surface area (TPSA) is 107 Å². The lowest BCUT2D eigenvalue weighted by atomic mass is 10.2. The van der Waals surface area contributed by atoms with Gasteiger partial charge in [0.25, 0.3) is 0 Å². The molecule has 0 aliphatic carbocycles. The van der Waals surface area contributed by atoms with Crippen molar-refractivity contribution in [3.8, 4) is 5.75 Å². The average molecular weight is 289 g/mol. The van der Waals surface area contributed by atoms with Gasteiger partial charge in [-0.3, -0.25) is 15.0 Å². The van der Waals surface area contributed by atoms with Gasteiger partial charge in [0.2, 0.25) is 5.91 Å². The maximum Gasteiger partial charge on any atom is 0.301 e. The Labute approximate surface area is 121 Å². The van der Waals surface area contributed by atoms with E-state index in [1.165, 1.54) is 13.2 Å². The van der Waals surface area contributed by atoms with E-state index in [0.717, 1.165) is 0 Å². The van der Waals surface area contributed by atoms with E-state index in [2.05, 4.69) is 5.32 Å². The van der Waals surface area contributed by atoms with E-state index in [4.69, 9.17) is 15.0 Å². The minimum absolute atomic E-state index is 0.118. The number of carbonyl (C=O) groups is 2. The monoisotopic (exact) mass is 289 g/mol. The van der Waals surface area contributed by atoms with Crippen LogP contribution in [0.3, 0.4) is 0 Å². The molecular weight excluding hydrogens is 274 g/mol. The smallest absolute Gasteiger partial charge is 0.301 e. The summed E-state index contributed by atoms with van der Waals surface area (Å²) in [6, 6.07) is 8.51. The Bertz CT molecular complexity index is 634. The number of benzene rings is 1. The zero-order chi connectivity index (χ0) is 15.2. The molecule has 0 aliphatic rings. The van der Waals surface area contributed by atoms with Gasteiger partial charge in [-0.15, -0.1) is 0 Å². The second-order valence-corrected chi connectivity index (χ2v) is 4.24. The summed E-state index contributed by atoms with van der Waals surface area (Å²) in [7, 11) is 0. The van der Waals surface area contributed by atoms with Crippen LogP contribution in [0.1, 0.15) is 23.0 Å². The first-order chi connectivity index (χ1) is 10.1. The molecule has 2 amide bonds. The number of nitrogen functional groups attached to an aromatic ring is 1. The van der Waals surface area contributed by atoms with Gasteiger partial charge in [-0.25, -0.2) is 5.84 Å². The number of carbonyl (C=O) groups excluding carboxylic acids is 2. The van der Waals surface area contributed by atoms with E-state index in [1.54, 1.807) is 30.3 Å². The van der Waals surface area contributed by atoms with E-state index in [1.807, 2.05) is 5.43 Å². The summed E-state index contributed by atoms with van der Waals surface area (Å²) in [4.78, 5) is 22.3. The van der Waals surface area contributed by atoms with Gasteiger partial charge < -0.3 is 14.5 Å². The van der Waals surface area contributed by atoms with Crippen LogP contribution in [-0.4, -0.2) is 11.8 Å². The Hall–Kier alpha value is -2.80. The minimum Gasteiger partial charge on any atom is -0.489 e. The summed E-state index contributed by atoms with van der Waals surface area (Å²) < 4.78 is 10.6. The van der Waals surface area contributed by atoms with Crippen LogP contribution in [-0.2, 0) is 11.4 Å². The fraction of sp³-hybridized carbons (Fsp3) is 0.143. The SMILES string of the molecule is CC(=O)Nc1ccc(OCc2ccoc2C(=O)NN)cc1. The van der Waals surface area contributed by atoms with E-state index in [9.17, 15) is 9.59 Å². The van der Waals surface area contributed by atoms with Crippen LogP contribution in [0.15, 0.2) is 41.0 Å². The molecule has 0 radical (unpaired) electrons. The number of nitrogens with one attached hydrogen (secondary N) is 2. The molecule has 4 N–H and O–H groups in total. The van der Waals surface area contributed by atoms with Crippen LogP contribution < -0.4 is 21.3 Å². The van der Waals surface area contributed by atoms with Gasteiger partial charge in [-0.1, -0.05) is 0 Å². The van der Waals surface area contributed by atoms with Crippen LogP contribution in [0.2, 0.25) is 0 Å². The Kier molecular flexibility index (Phi) is 4.57. The van der Waals surface area contributed by atoms with Crippen molar-refractivity contribution >= 4 is 17.5 Å². The number of furan rings is 1. The Morgan fingerprint density at radius 3 is 2.57 bits per heavy atom. The molecule has 0 spiro atoms. The van der Waals surface area contributed by atoms with Crippen LogP contribution in [0.25, 0.3) is 0 Å². The molecule has 0 fully saturated rings. The summed E-state index contributed by atoms with van der Waals surface area (Å²) in [5.74, 6) is 5.13. The highest BCUT2D eigenvalue weighted by Crippen LogP contribution is 2.18. The number of hydrazine groups is 1. The van der Waals surface area contributed by atoms with E-state index in [0.29, 0.717) is 17.0 Å². The van der Waals surface area contributed by atoms with E-state index >= 15 is 0 Å². The number of ether oxygens (including phenoxy) is 1. The number of rotatable bonds is 5. The lowest BCUT2D eigenvalue weighted by Crippen LogP contribution is -2.30. The third-order valence-electron chi connectivity index (χ3n) is 2.65. The van der Waals surface area contributed by atoms with Crippen molar-refractivity contribution in [1.82, 2.24) is 5.43 Å². The predicted octanol–water partition coefficient (Wildman–Crippen LogP) is 1.42. The third kappa shape index (κ3) is 3.83. The molecule has 0 saturated carbocycles. The van der Waals surface area contributed by atoms with Gasteiger partial charge in [-0.2, -0.15) is 0 Å². The number of hydrogen-bond acceptors (Lipinski definition) is 5. The number of anilines is 1. The van der Waals surface area contributed by atoms with Crippen LogP contribution in [0.5, 0.6) is 5.75 Å². The van der Waals surface area contributed by atoms with Crippen molar-refractivity contribution in [2.24, 2.45) is 5.84 Å². The first-order valence-corrected chi connectivity index (χ1v) is 6.18. The van der Waals surface area contributed by atoms with Gasteiger partial charge >= 0.3 is 5.91 Å². The van der Waals surface area contributed by atoms with Gasteiger partial charge in [0.05, 0.1) is 6.26 Å². The summed E-state index contributed by atoms with van der Waals surface area (Å²) >= 11 is 0. The zero-order valence-corrected chi connectivity index (χ0v) is 11.4. The summed E-state index contributed by atoms with van der Waals surface area (Å²) in [5.41, 5.74) is 3.27. The quantitative estimate of drug-likeness (QED) is 0.438. The summed E-state index contributed by atoms with van der Waals surface area (Å²) in [6.07, 6.45) is 1.39. The van der Waals surface area contributed by atoms with Crippen LogP contribution >= 0.6 is 0 Å². The summed E-state index contributed by atoms with van der Waals surface area (Å²) in [6.45, 7) is 1.60. The molecule has 0 bridgehead atoms. The molecule has 2 rings (SSSR count). The molecule has 1 heterocycles. The third-order valence-corrected chi connectivity index (χ3v) is 2.65. The van der Waals surface area contributed by atoms with Crippen molar-refractivity contribution in [3.63, 3.8) is 0 Å². The lowest BCUT2D eigenvalue weighted by Gasteiger charge is -2.07. The zero-order valence-electron chi connectivity index (χ0n) is 11.4. The van der Waals surface area contributed by atoms with Crippen LogP contribution in [0.4, 0.5) is 5.69 Å². The molecule has 7 nitrogen and oxygen atoms in total. The fourth-order valence-corrected chi connectivity index (χ4v) is 1.71. The summed E-state index contributed by atoms with van der Waals surface area (Å²) in [5, 5.41) is 2.66. The van der Waals surface area contributed by atoms with E-state index < -0.39 is 5.91 Å². The highest BCUT2D eigenvalue weighted by molar-refractivity contribution is 5.92. The first kappa shape index (κ1) is 14.6. The Morgan fingerprint density at radius 2 is 1.95 bits per heavy atom. The van der Waals surface area contributed by atoms with Crippen molar-refractivity contribution < 1.29 is 18.7 Å². The second kappa shape index (κ2) is 6.58. The van der Waals surface area contributed by atoms with Crippen molar-refractivity contribution in [1.29, 1.82) is 0 Å². The molecule has 0 atom stereocenters. The lowest BCUT2D eigenvalue weighted by molar-refractivity contribution is -0.114. The molecule has 0 saturated heterocycles. The number of nitrogens with two attached hydrogens (primary N) is 1. The highest BCUT2D eigenvalue weighted by atomic mass is 16.5. The standard InChI is InChI=1S/C14H15N3O4/c1-9(18)16-11-2-4-12(5-3-11)21-8-10-6-7-20-13(10)14(19)17-15/h2-7H,8,15H2,1H3,(H,16,18)(H,17,19). The van der Waals surface area contributed by atoms with Gasteiger partial charge in [0, 0.05) is 18.2 Å². The molecule has 110 valence electrons. The average Bonchev–Trinajstić information content (AvgIpc) is 2.93. The second-order valence-electron chi connectivity index (χ2n) is 4.24. The van der Waals surface area contributed by atoms with Gasteiger partial charge in [-0.05, 0) is 30.3 Å². The molecule has 1 aromatic heterocycles. The van der Waals surface area contributed by atoms with Crippen LogP contribution in [0, 0.1) is 0 Å². The van der Waals surface area contributed by atoms with Crippen molar-refractivity contribution in [3.05, 3.63) is 47.9 Å². The number of amides is 2. The number of hydrogen-bond donors (Lipinski definition) is 3. The van der Waals surface area contributed by atoms with Gasteiger partial charge in [0.1, 0.15) is 12.4 Å². The Balaban J connectivity index is 1.98. The predicted molar refractivity (Wildman–Crippen MR) is 75.4 cm³/mol. The van der Waals surface area contributed by atoms with E-state index in [-0.39, 0.29) is 18.3 Å². The molecule has 7 heteroatoms. The van der Waals surface area contributed by atoms with Gasteiger partial charge in [0.15, 0.2) is 5.76 Å². The fourth-order valence-electron chi connectivity index (χ4n) is 1.71. The first-order valence-electron chi connectivity index (χ1n) is 6.18. The maximum absolute atomic E-state index is 11.4. The molecule has 1 aromatic carbocycles. The minimum atomic E-state index is -0.514. The maximum atomic E-state index is 11.4. The van der Waals surface area contributed by atoms with Crippen molar-refractivity contribution in [2.45, 2.75) is 13.5 Å². The molecule has 2 aromatic rings. The Morgan fingerprint density at radius 1 is 1.24 bits per heavy atom. The normalized spacial score (nSPS) is 10.0. The largest absolute Gasteiger partial charge is 0.489 e. The van der Waals surface area contributed by atoms with Crippen molar-refractivity contribution in [2.75, 3.05) is 5.32 Å². The highest BCUT2D eigenvalue weighted by Gasteiger charge is 2.14. The molecular formula is C14H15N3O4. The molecule has 0 aliphatic heterocycles. The molecule has 21 heavy (non-hydrogen) atoms. The molecule has 0 unspecified atom stereocenters.